The van der Waals surface area contributed by atoms with Crippen molar-refractivity contribution in [2.45, 2.75) is 17.7 Å². The summed E-state index contributed by atoms with van der Waals surface area (Å²) >= 11 is 0. The summed E-state index contributed by atoms with van der Waals surface area (Å²) in [4.78, 5) is 15.4. The van der Waals surface area contributed by atoms with Crippen molar-refractivity contribution >= 4 is 26.9 Å². The third-order valence-corrected chi connectivity index (χ3v) is 6.76. The molecular weight excluding hydrogens is 416 g/mol. The van der Waals surface area contributed by atoms with Gasteiger partial charge in [-0.25, -0.2) is 12.4 Å². The predicted molar refractivity (Wildman–Crippen MR) is 117 cm³/mol. The van der Waals surface area contributed by atoms with Crippen molar-refractivity contribution in [1.29, 1.82) is 0 Å². The zero-order valence-electron chi connectivity index (χ0n) is 16.7. The van der Waals surface area contributed by atoms with Crippen LogP contribution in [-0.2, 0) is 21.2 Å². The molecular formula is C23H20N2O5S. The van der Waals surface area contributed by atoms with Crippen molar-refractivity contribution in [2.24, 2.45) is 0 Å². The van der Waals surface area contributed by atoms with E-state index in [9.17, 15) is 13.2 Å². The Balaban J connectivity index is 1.87. The zero-order valence-corrected chi connectivity index (χ0v) is 17.5. The molecule has 0 fully saturated rings. The van der Waals surface area contributed by atoms with Gasteiger partial charge in [-0.2, -0.15) is 0 Å². The van der Waals surface area contributed by atoms with Gasteiger partial charge in [0, 0.05) is 36.0 Å². The Bertz CT molecular complexity index is 1340. The van der Waals surface area contributed by atoms with E-state index in [0.29, 0.717) is 22.2 Å². The Morgan fingerprint density at radius 2 is 1.87 bits per heavy atom. The van der Waals surface area contributed by atoms with Gasteiger partial charge in [-0.05, 0) is 60.0 Å². The van der Waals surface area contributed by atoms with Crippen molar-refractivity contribution in [3.05, 3.63) is 78.8 Å². The Morgan fingerprint density at radius 1 is 1.10 bits per heavy atom. The van der Waals surface area contributed by atoms with Crippen LogP contribution in [-0.4, -0.2) is 35.6 Å². The molecule has 8 heteroatoms. The Morgan fingerprint density at radius 3 is 2.52 bits per heavy atom. The number of nitrogens with zero attached hydrogens (tertiary/aromatic N) is 2. The van der Waals surface area contributed by atoms with Crippen molar-refractivity contribution < 1.29 is 23.1 Å². The van der Waals surface area contributed by atoms with Crippen LogP contribution in [0.4, 0.5) is 0 Å². The van der Waals surface area contributed by atoms with Gasteiger partial charge in [0.05, 0.1) is 17.5 Å². The summed E-state index contributed by atoms with van der Waals surface area (Å²) in [5.41, 5.74) is 2.90. The number of aliphatic carboxylic acids is 1. The van der Waals surface area contributed by atoms with E-state index in [1.807, 2.05) is 24.3 Å². The molecule has 31 heavy (non-hydrogen) atoms. The van der Waals surface area contributed by atoms with Gasteiger partial charge in [0.2, 0.25) is 0 Å². The Labute approximate surface area is 179 Å². The van der Waals surface area contributed by atoms with E-state index in [1.165, 1.54) is 29.4 Å². The Hall–Kier alpha value is -3.65. The highest BCUT2D eigenvalue weighted by Gasteiger charge is 2.22. The van der Waals surface area contributed by atoms with E-state index < -0.39 is 16.0 Å². The van der Waals surface area contributed by atoms with Crippen LogP contribution in [0, 0.1) is 0 Å². The lowest BCUT2D eigenvalue weighted by molar-refractivity contribution is -0.136. The number of fused-ring (bicyclic) bond motifs is 1. The van der Waals surface area contributed by atoms with Gasteiger partial charge in [-0.3, -0.25) is 9.78 Å². The SMILES string of the molecule is COc1ccc(S(=O)(=O)n2cc(CCC(=O)O)c3cc(-c4cccnc4)ccc32)cc1. The maximum Gasteiger partial charge on any atom is 0.303 e. The third-order valence-electron chi connectivity index (χ3n) is 5.07. The number of rotatable bonds is 7. The molecule has 0 aliphatic carbocycles. The summed E-state index contributed by atoms with van der Waals surface area (Å²) in [5.74, 6) is -0.387. The second-order valence-corrected chi connectivity index (χ2v) is 8.81. The van der Waals surface area contributed by atoms with Crippen LogP contribution in [0.15, 0.2) is 78.1 Å². The summed E-state index contributed by atoms with van der Waals surface area (Å²) in [6, 6.07) is 15.3. The summed E-state index contributed by atoms with van der Waals surface area (Å²) in [6.45, 7) is 0. The van der Waals surface area contributed by atoms with Crippen molar-refractivity contribution in [3.63, 3.8) is 0 Å². The fourth-order valence-electron chi connectivity index (χ4n) is 3.48. The van der Waals surface area contributed by atoms with E-state index in [2.05, 4.69) is 4.98 Å². The van der Waals surface area contributed by atoms with Gasteiger partial charge in [0.25, 0.3) is 10.0 Å². The zero-order chi connectivity index (χ0) is 22.0. The lowest BCUT2D eigenvalue weighted by atomic mass is 10.0. The molecule has 0 aliphatic rings. The van der Waals surface area contributed by atoms with Gasteiger partial charge < -0.3 is 9.84 Å². The number of hydrogen-bond donors (Lipinski definition) is 1. The van der Waals surface area contributed by atoms with Gasteiger partial charge >= 0.3 is 5.97 Å². The van der Waals surface area contributed by atoms with Crippen LogP contribution in [0.3, 0.4) is 0 Å². The minimum Gasteiger partial charge on any atom is -0.497 e. The van der Waals surface area contributed by atoms with Gasteiger partial charge in [-0.1, -0.05) is 12.1 Å². The first-order chi connectivity index (χ1) is 14.9. The molecule has 4 aromatic rings. The highest BCUT2D eigenvalue weighted by atomic mass is 32.2. The first-order valence-corrected chi connectivity index (χ1v) is 11.0. The Kier molecular flexibility index (Phi) is 5.48. The van der Waals surface area contributed by atoms with Crippen LogP contribution in [0.5, 0.6) is 5.75 Å². The molecule has 0 radical (unpaired) electrons. The molecule has 0 saturated carbocycles. The molecule has 0 bridgehead atoms. The number of benzene rings is 2. The number of carboxylic acids is 1. The lowest BCUT2D eigenvalue weighted by Gasteiger charge is -2.09. The normalized spacial score (nSPS) is 11.5. The maximum absolute atomic E-state index is 13.3. The number of pyridine rings is 1. The van der Waals surface area contributed by atoms with Crippen LogP contribution in [0.25, 0.3) is 22.0 Å². The molecule has 2 aromatic carbocycles. The predicted octanol–water partition coefficient (Wildman–Crippen LogP) is 3.97. The van der Waals surface area contributed by atoms with Gasteiger partial charge in [0.1, 0.15) is 5.75 Å². The van der Waals surface area contributed by atoms with Crippen LogP contribution in [0.2, 0.25) is 0 Å². The molecule has 0 atom stereocenters. The van der Waals surface area contributed by atoms with Crippen molar-refractivity contribution in [1.82, 2.24) is 8.96 Å². The average Bonchev–Trinajstić information content (AvgIpc) is 3.17. The standard InChI is InChI=1S/C23H20N2O5S/c1-30-19-6-8-20(9-7-19)31(28,29)25-15-18(5-11-23(26)27)21-13-16(4-10-22(21)25)17-3-2-12-24-14-17/h2-4,6-10,12-15H,5,11H2,1H3,(H,26,27). The van der Waals surface area contributed by atoms with Crippen LogP contribution >= 0.6 is 0 Å². The van der Waals surface area contributed by atoms with E-state index in [1.54, 1.807) is 30.6 Å². The number of carbonyl (C=O) groups is 1. The molecule has 0 aliphatic heterocycles. The molecule has 0 amide bonds. The topological polar surface area (TPSA) is 98.5 Å². The van der Waals surface area contributed by atoms with E-state index in [0.717, 1.165) is 11.1 Å². The second-order valence-electron chi connectivity index (χ2n) is 7.00. The summed E-state index contributed by atoms with van der Waals surface area (Å²) in [7, 11) is -2.37. The van der Waals surface area contributed by atoms with Crippen molar-refractivity contribution in [3.8, 4) is 16.9 Å². The number of ether oxygens (including phenoxy) is 1. The van der Waals surface area contributed by atoms with E-state index in [4.69, 9.17) is 9.84 Å². The van der Waals surface area contributed by atoms with Gasteiger partial charge in [-0.15, -0.1) is 0 Å². The largest absolute Gasteiger partial charge is 0.497 e. The summed E-state index contributed by atoms with van der Waals surface area (Å²) < 4.78 is 33.0. The molecule has 158 valence electrons. The minimum atomic E-state index is -3.88. The van der Waals surface area contributed by atoms with Gasteiger partial charge in [0.15, 0.2) is 0 Å². The lowest BCUT2D eigenvalue weighted by Crippen LogP contribution is -2.11. The first-order valence-electron chi connectivity index (χ1n) is 9.56. The first kappa shape index (κ1) is 20.6. The highest BCUT2D eigenvalue weighted by Crippen LogP contribution is 2.31. The molecule has 7 nitrogen and oxygen atoms in total. The van der Waals surface area contributed by atoms with Crippen LogP contribution < -0.4 is 4.74 Å². The molecule has 2 heterocycles. The fraction of sp³-hybridized carbons (Fsp3) is 0.130. The monoisotopic (exact) mass is 436 g/mol. The molecule has 4 rings (SSSR count). The summed E-state index contributed by atoms with van der Waals surface area (Å²) in [6.07, 6.45) is 5.04. The molecule has 2 aromatic heterocycles. The molecule has 1 N–H and O–H groups in total. The number of methoxy groups -OCH3 is 1. The molecule has 0 spiro atoms. The summed E-state index contributed by atoms with van der Waals surface area (Å²) in [5, 5.41) is 9.82. The number of aryl methyl sites for hydroxylation is 1. The molecule has 0 unspecified atom stereocenters. The third kappa shape index (κ3) is 4.02. The average molecular weight is 436 g/mol. The minimum absolute atomic E-state index is 0.0984. The fourth-order valence-corrected chi connectivity index (χ4v) is 4.87. The van der Waals surface area contributed by atoms with Crippen molar-refractivity contribution in [2.75, 3.05) is 7.11 Å². The maximum atomic E-state index is 13.3. The highest BCUT2D eigenvalue weighted by molar-refractivity contribution is 7.90. The van der Waals surface area contributed by atoms with E-state index >= 15 is 0 Å². The van der Waals surface area contributed by atoms with Crippen LogP contribution in [0.1, 0.15) is 12.0 Å². The second kappa shape index (κ2) is 8.23. The number of carboxylic acid groups (broad SMARTS) is 1. The molecule has 0 saturated heterocycles. The quantitative estimate of drug-likeness (QED) is 0.471. The number of aromatic nitrogens is 2. The number of hydrogen-bond acceptors (Lipinski definition) is 5. The smallest absolute Gasteiger partial charge is 0.303 e. The van der Waals surface area contributed by atoms with E-state index in [-0.39, 0.29) is 17.7 Å².